The molecule has 3 aliphatic heterocycles. The summed E-state index contributed by atoms with van der Waals surface area (Å²) in [5.74, 6) is 0.333. The second-order valence-corrected chi connectivity index (χ2v) is 8.11. The lowest BCUT2D eigenvalue weighted by molar-refractivity contribution is -0.933. The first-order chi connectivity index (χ1) is 12.6. The summed E-state index contributed by atoms with van der Waals surface area (Å²) in [6.07, 6.45) is 1.00. The smallest absolute Gasteiger partial charge is 0.218 e. The van der Waals surface area contributed by atoms with Gasteiger partial charge in [0, 0.05) is 43.1 Å². The third-order valence-electron chi connectivity index (χ3n) is 6.49. The average molecular weight is 353 g/mol. The fraction of sp³-hybridized carbons (Fsp3) is 0.500. The van der Waals surface area contributed by atoms with Crippen LogP contribution in [-0.2, 0) is 13.0 Å². The van der Waals surface area contributed by atoms with E-state index in [0.29, 0.717) is 12.3 Å². The van der Waals surface area contributed by atoms with Gasteiger partial charge in [-0.3, -0.25) is 9.69 Å². The van der Waals surface area contributed by atoms with E-state index in [4.69, 9.17) is 0 Å². The normalized spacial score (nSPS) is 24.8. The van der Waals surface area contributed by atoms with Gasteiger partial charge in [-0.2, -0.15) is 0 Å². The monoisotopic (exact) mass is 352 g/mol. The molecule has 2 bridgehead atoms. The lowest BCUT2D eigenvalue weighted by Gasteiger charge is -2.50. The molecule has 2 aromatic rings. The Hall–Kier alpha value is -1.91. The lowest BCUT2D eigenvalue weighted by atomic mass is 10.1. The number of piperazine rings is 3. The summed E-state index contributed by atoms with van der Waals surface area (Å²) in [6, 6.07) is 12.7. The molecule has 0 aliphatic carbocycles. The number of Topliss-reactive ketones (excluding diaryl/α,β-unsaturated/α-hetero) is 1. The highest BCUT2D eigenvalue weighted by molar-refractivity contribution is 5.98. The first-order valence-corrected chi connectivity index (χ1v) is 9.88. The summed E-state index contributed by atoms with van der Waals surface area (Å²) < 4.78 is 3.32. The van der Waals surface area contributed by atoms with E-state index >= 15 is 0 Å². The predicted molar refractivity (Wildman–Crippen MR) is 105 cm³/mol. The second kappa shape index (κ2) is 7.01. The molecule has 4 heterocycles. The van der Waals surface area contributed by atoms with E-state index in [1.54, 1.807) is 0 Å². The van der Waals surface area contributed by atoms with Crippen LogP contribution in [0.2, 0.25) is 0 Å². The highest BCUT2D eigenvalue weighted by Crippen LogP contribution is 2.23. The van der Waals surface area contributed by atoms with Crippen molar-refractivity contribution in [2.75, 3.05) is 45.8 Å². The standard InChI is InChI=1S/C22H30N3O/c1-18-16-21(19(2)24(18)9-8-20-6-4-3-5-7-20)22(26)17-25-13-10-23(11-14-25)12-15-25/h3-7,16H,8-15,17H2,1-2H3/q+1. The Morgan fingerprint density at radius 2 is 1.69 bits per heavy atom. The number of fused-ring (bicyclic) bond motifs is 3. The number of quaternary nitrogens is 1. The van der Waals surface area contributed by atoms with Gasteiger partial charge in [0.25, 0.3) is 0 Å². The molecule has 0 unspecified atom stereocenters. The zero-order valence-corrected chi connectivity index (χ0v) is 16.1. The quantitative estimate of drug-likeness (QED) is 0.590. The fourth-order valence-corrected chi connectivity index (χ4v) is 4.67. The van der Waals surface area contributed by atoms with Crippen molar-refractivity contribution < 1.29 is 9.28 Å². The number of aromatic nitrogens is 1. The average Bonchev–Trinajstić information content (AvgIpc) is 2.96. The van der Waals surface area contributed by atoms with Crippen molar-refractivity contribution in [1.82, 2.24) is 9.47 Å². The lowest BCUT2D eigenvalue weighted by Crippen LogP contribution is -2.68. The predicted octanol–water partition coefficient (Wildman–Crippen LogP) is 2.68. The Kier molecular flexibility index (Phi) is 4.72. The summed E-state index contributed by atoms with van der Waals surface area (Å²) in [5, 5.41) is 0. The maximum absolute atomic E-state index is 13.1. The Bertz CT molecular complexity index is 771. The van der Waals surface area contributed by atoms with Gasteiger partial charge in [0.05, 0.1) is 19.6 Å². The van der Waals surface area contributed by atoms with E-state index in [2.05, 4.69) is 59.7 Å². The summed E-state index contributed by atoms with van der Waals surface area (Å²) >= 11 is 0. The van der Waals surface area contributed by atoms with E-state index in [1.807, 2.05) is 0 Å². The SMILES string of the molecule is Cc1cc(C(=O)C[N+]23CCN(CC2)CC3)c(C)n1CCc1ccccc1. The highest BCUT2D eigenvalue weighted by Gasteiger charge is 2.40. The van der Waals surface area contributed by atoms with Crippen LogP contribution in [0.5, 0.6) is 0 Å². The van der Waals surface area contributed by atoms with E-state index in [1.165, 1.54) is 11.3 Å². The van der Waals surface area contributed by atoms with Gasteiger partial charge in [0.15, 0.2) is 0 Å². The van der Waals surface area contributed by atoms with E-state index in [0.717, 1.165) is 68.0 Å². The molecule has 1 aromatic carbocycles. The van der Waals surface area contributed by atoms with Crippen molar-refractivity contribution in [2.45, 2.75) is 26.8 Å². The van der Waals surface area contributed by atoms with Gasteiger partial charge < -0.3 is 9.05 Å². The Morgan fingerprint density at radius 3 is 2.35 bits per heavy atom. The van der Waals surface area contributed by atoms with Crippen molar-refractivity contribution in [3.63, 3.8) is 0 Å². The van der Waals surface area contributed by atoms with Gasteiger partial charge >= 0.3 is 0 Å². The highest BCUT2D eigenvalue weighted by atomic mass is 16.1. The minimum atomic E-state index is 0.333. The van der Waals surface area contributed by atoms with Gasteiger partial charge in [-0.05, 0) is 31.9 Å². The molecule has 26 heavy (non-hydrogen) atoms. The number of hydrogen-bond acceptors (Lipinski definition) is 2. The van der Waals surface area contributed by atoms with Crippen LogP contribution in [0.25, 0.3) is 0 Å². The van der Waals surface area contributed by atoms with Crippen LogP contribution in [0.3, 0.4) is 0 Å². The van der Waals surface area contributed by atoms with Gasteiger partial charge in [0.2, 0.25) is 5.78 Å². The van der Waals surface area contributed by atoms with Crippen LogP contribution >= 0.6 is 0 Å². The third-order valence-corrected chi connectivity index (χ3v) is 6.49. The van der Waals surface area contributed by atoms with Crippen LogP contribution in [0.15, 0.2) is 36.4 Å². The summed E-state index contributed by atoms with van der Waals surface area (Å²) in [7, 11) is 0. The van der Waals surface area contributed by atoms with Crippen molar-refractivity contribution in [3.05, 3.63) is 58.9 Å². The van der Waals surface area contributed by atoms with E-state index < -0.39 is 0 Å². The first-order valence-electron chi connectivity index (χ1n) is 9.88. The molecule has 3 aliphatic rings. The third kappa shape index (κ3) is 3.36. The van der Waals surface area contributed by atoms with Gasteiger partial charge in [-0.25, -0.2) is 0 Å². The van der Waals surface area contributed by atoms with Crippen molar-refractivity contribution in [3.8, 4) is 0 Å². The molecule has 3 saturated heterocycles. The summed E-state index contributed by atoms with van der Waals surface area (Å²) in [4.78, 5) is 15.6. The van der Waals surface area contributed by atoms with Gasteiger partial charge in [-0.1, -0.05) is 30.3 Å². The molecule has 0 atom stereocenters. The van der Waals surface area contributed by atoms with Crippen molar-refractivity contribution >= 4 is 5.78 Å². The second-order valence-electron chi connectivity index (χ2n) is 8.11. The van der Waals surface area contributed by atoms with Crippen LogP contribution in [0.1, 0.15) is 27.3 Å². The molecule has 1 aromatic heterocycles. The first kappa shape index (κ1) is 17.5. The fourth-order valence-electron chi connectivity index (χ4n) is 4.67. The van der Waals surface area contributed by atoms with Crippen LogP contribution in [0, 0.1) is 13.8 Å². The Morgan fingerprint density at radius 1 is 1.04 bits per heavy atom. The number of rotatable bonds is 6. The minimum absolute atomic E-state index is 0.333. The molecule has 138 valence electrons. The number of nitrogens with zero attached hydrogens (tertiary/aromatic N) is 3. The Labute approximate surface area is 156 Å². The molecule has 4 nitrogen and oxygen atoms in total. The molecule has 0 spiro atoms. The van der Waals surface area contributed by atoms with Gasteiger partial charge in [-0.15, -0.1) is 0 Å². The maximum Gasteiger partial charge on any atom is 0.218 e. The Balaban J connectivity index is 1.47. The topological polar surface area (TPSA) is 25.2 Å². The molecule has 4 heteroatoms. The molecule has 0 amide bonds. The van der Waals surface area contributed by atoms with Crippen molar-refractivity contribution in [1.29, 1.82) is 0 Å². The number of ketones is 1. The summed E-state index contributed by atoms with van der Waals surface area (Å²) in [5.41, 5.74) is 4.62. The van der Waals surface area contributed by atoms with E-state index in [-0.39, 0.29) is 0 Å². The number of carbonyl (C=O) groups excluding carboxylic acids is 1. The van der Waals surface area contributed by atoms with Crippen LogP contribution < -0.4 is 0 Å². The number of hydrogen-bond donors (Lipinski definition) is 0. The zero-order valence-electron chi connectivity index (χ0n) is 16.1. The molecule has 5 rings (SSSR count). The molecule has 0 radical (unpaired) electrons. The number of aryl methyl sites for hydroxylation is 2. The minimum Gasteiger partial charge on any atom is -0.348 e. The van der Waals surface area contributed by atoms with Crippen LogP contribution in [-0.4, -0.2) is 65.5 Å². The van der Waals surface area contributed by atoms with Crippen molar-refractivity contribution in [2.24, 2.45) is 0 Å². The maximum atomic E-state index is 13.1. The molecule has 3 fully saturated rings. The number of benzene rings is 1. The van der Waals surface area contributed by atoms with Crippen LogP contribution in [0.4, 0.5) is 0 Å². The summed E-state index contributed by atoms with van der Waals surface area (Å²) in [6.45, 7) is 12.7. The largest absolute Gasteiger partial charge is 0.348 e. The zero-order chi connectivity index (χ0) is 18.1. The molecule has 0 N–H and O–H groups in total. The molecular formula is C22H30N3O+. The molecule has 0 saturated carbocycles. The molecular weight excluding hydrogens is 322 g/mol. The van der Waals surface area contributed by atoms with Gasteiger partial charge in [0.1, 0.15) is 6.54 Å². The number of carbonyl (C=O) groups is 1. The van der Waals surface area contributed by atoms with E-state index in [9.17, 15) is 4.79 Å².